The number of hydrogen-bond donors (Lipinski definition) is 2. The van der Waals surface area contributed by atoms with E-state index in [0.717, 1.165) is 0 Å². The Morgan fingerprint density at radius 1 is 1.20 bits per heavy atom. The van der Waals surface area contributed by atoms with E-state index in [1.54, 1.807) is 6.07 Å². The fraction of sp³-hybridized carbons (Fsp3) is 0.429. The molecular formula is C14H19NO5. The van der Waals surface area contributed by atoms with Gasteiger partial charge in [-0.05, 0) is 25.5 Å². The lowest BCUT2D eigenvalue weighted by molar-refractivity contribution is -0.137. The molecule has 0 aliphatic rings. The highest BCUT2D eigenvalue weighted by Gasteiger charge is 2.06. The van der Waals surface area contributed by atoms with Gasteiger partial charge in [0.25, 0.3) is 0 Å². The van der Waals surface area contributed by atoms with Crippen LogP contribution < -0.4 is 14.8 Å². The van der Waals surface area contributed by atoms with E-state index in [2.05, 4.69) is 5.32 Å². The molecule has 0 spiro atoms. The van der Waals surface area contributed by atoms with Crippen LogP contribution in [0.25, 0.3) is 0 Å². The monoisotopic (exact) mass is 281 g/mol. The molecule has 0 saturated carbocycles. The fourth-order valence-corrected chi connectivity index (χ4v) is 1.52. The van der Waals surface area contributed by atoms with E-state index in [1.165, 1.54) is 0 Å². The largest absolute Gasteiger partial charge is 0.490 e. The lowest BCUT2D eigenvalue weighted by Crippen LogP contribution is -2.29. The second-order valence-electron chi connectivity index (χ2n) is 4.00. The van der Waals surface area contributed by atoms with Gasteiger partial charge in [0.15, 0.2) is 11.5 Å². The van der Waals surface area contributed by atoms with Crippen LogP contribution in [0.5, 0.6) is 11.5 Å². The highest BCUT2D eigenvalue weighted by Crippen LogP contribution is 2.26. The van der Waals surface area contributed by atoms with Crippen LogP contribution in [-0.4, -0.2) is 36.7 Å². The number of carboxylic acids is 1. The summed E-state index contributed by atoms with van der Waals surface area (Å²) in [5, 5.41) is 10.7. The lowest BCUT2D eigenvalue weighted by atomic mass is 10.3. The molecule has 0 heterocycles. The Morgan fingerprint density at radius 2 is 1.85 bits per heavy atom. The summed E-state index contributed by atoms with van der Waals surface area (Å²) >= 11 is 0. The molecule has 1 aromatic carbocycles. The Kier molecular flexibility index (Phi) is 6.95. The SMILES string of the molecule is CCOc1ccccc1OCCCC(=O)NCC(=O)O. The molecule has 2 N–H and O–H groups in total. The van der Waals surface area contributed by atoms with Crippen LogP contribution in [0.1, 0.15) is 19.8 Å². The van der Waals surface area contributed by atoms with Crippen molar-refractivity contribution in [1.82, 2.24) is 5.32 Å². The van der Waals surface area contributed by atoms with Crippen molar-refractivity contribution in [3.05, 3.63) is 24.3 Å². The molecule has 0 saturated heterocycles. The predicted octanol–water partition coefficient (Wildman–Crippen LogP) is 1.45. The maximum atomic E-state index is 11.3. The summed E-state index contributed by atoms with van der Waals surface area (Å²) in [5.74, 6) is -0.0417. The molecule has 0 bridgehead atoms. The molecule has 0 fully saturated rings. The minimum atomic E-state index is -1.06. The molecule has 0 aliphatic carbocycles. The van der Waals surface area contributed by atoms with Crippen molar-refractivity contribution in [1.29, 1.82) is 0 Å². The number of benzene rings is 1. The summed E-state index contributed by atoms with van der Waals surface area (Å²) in [4.78, 5) is 21.5. The smallest absolute Gasteiger partial charge is 0.322 e. The van der Waals surface area contributed by atoms with Gasteiger partial charge < -0.3 is 19.9 Å². The summed E-state index contributed by atoms with van der Waals surface area (Å²) in [7, 11) is 0. The molecule has 0 atom stereocenters. The lowest BCUT2D eigenvalue weighted by Gasteiger charge is -2.11. The zero-order valence-corrected chi connectivity index (χ0v) is 11.4. The highest BCUT2D eigenvalue weighted by atomic mass is 16.5. The van der Waals surface area contributed by atoms with Crippen LogP contribution in [0, 0.1) is 0 Å². The van der Waals surface area contributed by atoms with Crippen LogP contribution in [-0.2, 0) is 9.59 Å². The molecule has 6 heteroatoms. The minimum Gasteiger partial charge on any atom is -0.490 e. The van der Waals surface area contributed by atoms with Crippen LogP contribution in [0.15, 0.2) is 24.3 Å². The van der Waals surface area contributed by atoms with E-state index in [-0.39, 0.29) is 18.9 Å². The number of para-hydroxylation sites is 2. The van der Waals surface area contributed by atoms with E-state index in [1.807, 2.05) is 25.1 Å². The second-order valence-corrected chi connectivity index (χ2v) is 4.00. The first kappa shape index (κ1) is 15.8. The number of hydrogen-bond acceptors (Lipinski definition) is 4. The second kappa shape index (κ2) is 8.79. The van der Waals surface area contributed by atoms with Gasteiger partial charge in [-0.2, -0.15) is 0 Å². The number of ether oxygens (including phenoxy) is 2. The molecule has 6 nitrogen and oxygen atoms in total. The van der Waals surface area contributed by atoms with Gasteiger partial charge in [0.1, 0.15) is 6.54 Å². The van der Waals surface area contributed by atoms with Gasteiger partial charge >= 0.3 is 5.97 Å². The first-order valence-electron chi connectivity index (χ1n) is 6.46. The number of carbonyl (C=O) groups is 2. The topological polar surface area (TPSA) is 84.9 Å². The number of carboxylic acid groups (broad SMARTS) is 1. The zero-order valence-electron chi connectivity index (χ0n) is 11.4. The van der Waals surface area contributed by atoms with E-state index >= 15 is 0 Å². The molecular weight excluding hydrogens is 262 g/mol. The van der Waals surface area contributed by atoms with Gasteiger partial charge in [-0.3, -0.25) is 9.59 Å². The number of rotatable bonds is 9. The molecule has 0 radical (unpaired) electrons. The van der Waals surface area contributed by atoms with Crippen molar-refractivity contribution in [2.24, 2.45) is 0 Å². The van der Waals surface area contributed by atoms with Crippen LogP contribution in [0.4, 0.5) is 0 Å². The Balaban J connectivity index is 2.27. The van der Waals surface area contributed by atoms with Gasteiger partial charge in [-0.1, -0.05) is 12.1 Å². The molecule has 110 valence electrons. The minimum absolute atomic E-state index is 0.226. The number of aliphatic carboxylic acids is 1. The average Bonchev–Trinajstić information content (AvgIpc) is 2.43. The first-order chi connectivity index (χ1) is 9.63. The Bertz CT molecular complexity index is 447. The Labute approximate surface area is 117 Å². The third-order valence-electron chi connectivity index (χ3n) is 2.39. The maximum absolute atomic E-state index is 11.3. The summed E-state index contributed by atoms with van der Waals surface area (Å²) in [6, 6.07) is 7.32. The standard InChI is InChI=1S/C14H19NO5/c1-2-19-11-6-3-4-7-12(11)20-9-5-8-13(16)15-10-14(17)18/h3-4,6-7H,2,5,8-10H2,1H3,(H,15,16)(H,17,18). The summed E-state index contributed by atoms with van der Waals surface area (Å²) in [6.07, 6.45) is 0.732. The van der Waals surface area contributed by atoms with E-state index in [4.69, 9.17) is 14.6 Å². The average molecular weight is 281 g/mol. The van der Waals surface area contributed by atoms with Crippen molar-refractivity contribution in [2.45, 2.75) is 19.8 Å². The van der Waals surface area contributed by atoms with Crippen molar-refractivity contribution in [3.63, 3.8) is 0 Å². The number of carbonyl (C=O) groups excluding carboxylic acids is 1. The summed E-state index contributed by atoms with van der Waals surface area (Å²) in [6.45, 7) is 2.46. The van der Waals surface area contributed by atoms with Crippen LogP contribution >= 0.6 is 0 Å². The first-order valence-corrected chi connectivity index (χ1v) is 6.46. The Hall–Kier alpha value is -2.24. The molecule has 1 rings (SSSR count). The molecule has 0 unspecified atom stereocenters. The van der Waals surface area contributed by atoms with Crippen LogP contribution in [0.3, 0.4) is 0 Å². The van der Waals surface area contributed by atoms with Gasteiger partial charge in [0, 0.05) is 6.42 Å². The highest BCUT2D eigenvalue weighted by molar-refractivity contribution is 5.80. The van der Waals surface area contributed by atoms with Gasteiger partial charge in [0.2, 0.25) is 5.91 Å². The summed E-state index contributed by atoms with van der Waals surface area (Å²) < 4.78 is 11.0. The molecule has 0 aliphatic heterocycles. The van der Waals surface area contributed by atoms with Gasteiger partial charge in [0.05, 0.1) is 13.2 Å². The number of amides is 1. The number of nitrogens with one attached hydrogen (secondary N) is 1. The van der Waals surface area contributed by atoms with E-state index < -0.39 is 5.97 Å². The predicted molar refractivity (Wildman–Crippen MR) is 73.0 cm³/mol. The summed E-state index contributed by atoms with van der Waals surface area (Å²) in [5.41, 5.74) is 0. The van der Waals surface area contributed by atoms with E-state index in [0.29, 0.717) is 31.1 Å². The molecule has 1 aromatic rings. The Morgan fingerprint density at radius 3 is 2.45 bits per heavy atom. The zero-order chi connectivity index (χ0) is 14.8. The van der Waals surface area contributed by atoms with Crippen molar-refractivity contribution < 1.29 is 24.2 Å². The van der Waals surface area contributed by atoms with Gasteiger partial charge in [-0.25, -0.2) is 0 Å². The van der Waals surface area contributed by atoms with Crippen molar-refractivity contribution >= 4 is 11.9 Å². The van der Waals surface area contributed by atoms with Crippen molar-refractivity contribution in [2.75, 3.05) is 19.8 Å². The van der Waals surface area contributed by atoms with Crippen LogP contribution in [0.2, 0.25) is 0 Å². The van der Waals surface area contributed by atoms with Crippen molar-refractivity contribution in [3.8, 4) is 11.5 Å². The molecule has 20 heavy (non-hydrogen) atoms. The maximum Gasteiger partial charge on any atom is 0.322 e. The normalized spacial score (nSPS) is 9.85. The fourth-order valence-electron chi connectivity index (χ4n) is 1.52. The van der Waals surface area contributed by atoms with E-state index in [9.17, 15) is 9.59 Å². The third kappa shape index (κ3) is 6.08. The van der Waals surface area contributed by atoms with Gasteiger partial charge in [-0.15, -0.1) is 0 Å². The third-order valence-corrected chi connectivity index (χ3v) is 2.39. The quantitative estimate of drug-likeness (QED) is 0.669. The molecule has 1 amide bonds. The molecule has 0 aromatic heterocycles.